The number of carboxylic acid groups (broad SMARTS) is 1. The number of hydrogen-bond acceptors (Lipinski definition) is 6. The largest absolute Gasteiger partial charge is 0.477 e. The number of nitrogens with two attached hydrogens (primary N) is 1. The molecular formula is C15H14N4O5S. The van der Waals surface area contributed by atoms with Gasteiger partial charge < -0.3 is 20.8 Å². The lowest BCUT2D eigenvalue weighted by Crippen LogP contribution is -2.61. The smallest absolute Gasteiger partial charge is 0.352 e. The molecule has 9 nitrogen and oxygen atoms in total. The van der Waals surface area contributed by atoms with Gasteiger partial charge in [0.1, 0.15) is 16.9 Å². The van der Waals surface area contributed by atoms with E-state index in [2.05, 4.69) is 4.98 Å². The molecule has 0 unspecified atom stereocenters. The standard InChI is InChI=1S/C15H14N4O5S/c1-5(20)9-7-2-6(11(15(23)24)19(7)13(9)22)8-3-25-14-10(12(16)21)17-4-18(8)14/h3-5,7,9,20H,2H2,1H3,(H2,16,21)(H,23,24)/t5-,7-,9-/m1/s1. The number of β-lactam (4-membered cyclic amide) rings is 1. The summed E-state index contributed by atoms with van der Waals surface area (Å²) in [6.45, 7) is 1.52. The summed E-state index contributed by atoms with van der Waals surface area (Å²) in [5, 5.41) is 21.1. The first-order valence-corrected chi connectivity index (χ1v) is 8.43. The molecule has 25 heavy (non-hydrogen) atoms. The number of aliphatic hydroxyl groups is 1. The molecule has 0 aliphatic carbocycles. The number of aliphatic carboxylic acids is 1. The number of imidazole rings is 1. The van der Waals surface area contributed by atoms with Crippen LogP contribution >= 0.6 is 11.3 Å². The zero-order valence-electron chi connectivity index (χ0n) is 13.0. The van der Waals surface area contributed by atoms with Crippen LogP contribution in [0.25, 0.3) is 10.4 Å². The minimum atomic E-state index is -1.20. The summed E-state index contributed by atoms with van der Waals surface area (Å²) in [5.41, 5.74) is 6.37. The second-order valence-corrected chi connectivity index (χ2v) is 6.99. The minimum absolute atomic E-state index is 0.0825. The lowest BCUT2D eigenvalue weighted by molar-refractivity contribution is -0.161. The van der Waals surface area contributed by atoms with Gasteiger partial charge in [-0.2, -0.15) is 0 Å². The highest BCUT2D eigenvalue weighted by Crippen LogP contribution is 2.47. The summed E-state index contributed by atoms with van der Waals surface area (Å²) in [6, 6.07) is -0.373. The maximum absolute atomic E-state index is 12.3. The number of carboxylic acids is 1. The molecule has 0 spiro atoms. The molecule has 0 aromatic carbocycles. The van der Waals surface area contributed by atoms with Gasteiger partial charge >= 0.3 is 5.97 Å². The number of rotatable bonds is 4. The van der Waals surface area contributed by atoms with Gasteiger partial charge in [0.2, 0.25) is 5.91 Å². The van der Waals surface area contributed by atoms with Crippen LogP contribution in [-0.2, 0) is 9.59 Å². The van der Waals surface area contributed by atoms with Gasteiger partial charge in [-0.05, 0) is 13.3 Å². The highest BCUT2D eigenvalue weighted by molar-refractivity contribution is 7.16. The predicted molar refractivity (Wildman–Crippen MR) is 86.6 cm³/mol. The van der Waals surface area contributed by atoms with Crippen molar-refractivity contribution in [1.82, 2.24) is 14.3 Å². The maximum Gasteiger partial charge on any atom is 0.352 e. The van der Waals surface area contributed by atoms with E-state index in [1.807, 2.05) is 0 Å². The third kappa shape index (κ3) is 1.98. The van der Waals surface area contributed by atoms with Crippen LogP contribution in [0.2, 0.25) is 0 Å². The van der Waals surface area contributed by atoms with Gasteiger partial charge in [-0.25, -0.2) is 9.78 Å². The molecule has 4 N–H and O–H groups in total. The van der Waals surface area contributed by atoms with E-state index in [1.54, 1.807) is 9.78 Å². The van der Waals surface area contributed by atoms with Gasteiger partial charge in [-0.15, -0.1) is 11.3 Å². The van der Waals surface area contributed by atoms with Crippen LogP contribution in [0.1, 0.15) is 29.5 Å². The van der Waals surface area contributed by atoms with Crippen molar-refractivity contribution < 1.29 is 24.6 Å². The van der Waals surface area contributed by atoms with E-state index in [0.717, 1.165) is 0 Å². The number of aromatic nitrogens is 2. The van der Waals surface area contributed by atoms with Crippen molar-refractivity contribution in [3.63, 3.8) is 0 Å². The molecule has 4 rings (SSSR count). The Labute approximate surface area is 145 Å². The van der Waals surface area contributed by atoms with Gasteiger partial charge in [0, 0.05) is 11.0 Å². The second-order valence-electron chi connectivity index (χ2n) is 6.13. The molecule has 10 heteroatoms. The molecule has 4 heterocycles. The Morgan fingerprint density at radius 2 is 2.20 bits per heavy atom. The molecule has 0 radical (unpaired) electrons. The second kappa shape index (κ2) is 5.14. The van der Waals surface area contributed by atoms with Crippen molar-refractivity contribution in [3.05, 3.63) is 28.8 Å². The Balaban J connectivity index is 1.84. The summed E-state index contributed by atoms with van der Waals surface area (Å²) in [7, 11) is 0. The highest BCUT2D eigenvalue weighted by atomic mass is 32.1. The number of aliphatic hydroxyl groups excluding tert-OH is 1. The van der Waals surface area contributed by atoms with Crippen molar-refractivity contribution >= 4 is 39.5 Å². The highest BCUT2D eigenvalue weighted by Gasteiger charge is 2.57. The maximum atomic E-state index is 12.3. The molecule has 3 atom stereocenters. The summed E-state index contributed by atoms with van der Waals surface area (Å²) in [6.07, 6.45) is 0.885. The van der Waals surface area contributed by atoms with Crippen LogP contribution in [0.3, 0.4) is 0 Å². The first-order chi connectivity index (χ1) is 11.8. The van der Waals surface area contributed by atoms with Crippen LogP contribution in [0.4, 0.5) is 0 Å². The normalized spacial score (nSPS) is 23.8. The van der Waals surface area contributed by atoms with E-state index in [0.29, 0.717) is 22.5 Å². The SMILES string of the molecule is C[C@@H](O)[C@H]1C(=O)N2C(C(=O)O)=C(c3csc4c(C(N)=O)ncn34)C[C@H]12. The van der Waals surface area contributed by atoms with Crippen molar-refractivity contribution in [3.8, 4) is 0 Å². The number of carbonyl (C=O) groups is 3. The third-order valence-electron chi connectivity index (χ3n) is 4.74. The fourth-order valence-electron chi connectivity index (χ4n) is 3.67. The molecule has 1 saturated heterocycles. The van der Waals surface area contributed by atoms with E-state index >= 15 is 0 Å². The summed E-state index contributed by atoms with van der Waals surface area (Å²) < 4.78 is 1.61. The Bertz CT molecular complexity index is 972. The third-order valence-corrected chi connectivity index (χ3v) is 5.69. The van der Waals surface area contributed by atoms with E-state index < -0.39 is 23.9 Å². The number of hydrogen-bond donors (Lipinski definition) is 3. The molecule has 0 saturated carbocycles. The Morgan fingerprint density at radius 3 is 2.80 bits per heavy atom. The summed E-state index contributed by atoms with van der Waals surface area (Å²) in [5.74, 6) is -2.86. The van der Waals surface area contributed by atoms with Crippen molar-refractivity contribution in [1.29, 1.82) is 0 Å². The van der Waals surface area contributed by atoms with Gasteiger partial charge in [0.15, 0.2) is 5.69 Å². The lowest BCUT2D eigenvalue weighted by atomic mass is 9.83. The van der Waals surface area contributed by atoms with Gasteiger partial charge in [-0.1, -0.05) is 0 Å². The molecule has 2 aliphatic heterocycles. The van der Waals surface area contributed by atoms with Crippen LogP contribution in [0, 0.1) is 5.92 Å². The monoisotopic (exact) mass is 362 g/mol. The van der Waals surface area contributed by atoms with Gasteiger partial charge in [-0.3, -0.25) is 14.0 Å². The predicted octanol–water partition coefficient (Wildman–Crippen LogP) is -0.0981. The number of primary amides is 1. The Morgan fingerprint density at radius 1 is 1.48 bits per heavy atom. The average molecular weight is 362 g/mol. The van der Waals surface area contributed by atoms with Crippen molar-refractivity contribution in [2.75, 3.05) is 0 Å². The van der Waals surface area contributed by atoms with E-state index in [9.17, 15) is 24.6 Å². The topological polar surface area (TPSA) is 138 Å². The van der Waals surface area contributed by atoms with E-state index in [1.165, 1.54) is 29.5 Å². The molecule has 2 aromatic heterocycles. The summed E-state index contributed by atoms with van der Waals surface area (Å²) in [4.78, 5) is 41.2. The van der Waals surface area contributed by atoms with Crippen LogP contribution in [-0.4, -0.2) is 54.4 Å². The van der Waals surface area contributed by atoms with Crippen LogP contribution in [0.15, 0.2) is 17.4 Å². The van der Waals surface area contributed by atoms with Gasteiger partial charge in [0.25, 0.3) is 5.91 Å². The zero-order valence-corrected chi connectivity index (χ0v) is 13.9. The number of fused-ring (bicyclic) bond motifs is 2. The number of nitrogens with zero attached hydrogens (tertiary/aromatic N) is 3. The fourth-order valence-corrected chi connectivity index (χ4v) is 4.68. The number of amides is 2. The Hall–Kier alpha value is -2.72. The van der Waals surface area contributed by atoms with Crippen molar-refractivity contribution in [2.45, 2.75) is 25.5 Å². The molecule has 2 aromatic rings. The molecular weight excluding hydrogens is 348 g/mol. The molecule has 1 fully saturated rings. The first-order valence-electron chi connectivity index (χ1n) is 7.55. The first kappa shape index (κ1) is 15.8. The van der Waals surface area contributed by atoms with E-state index in [-0.39, 0.29) is 23.3 Å². The lowest BCUT2D eigenvalue weighted by Gasteiger charge is -2.44. The Kier molecular flexibility index (Phi) is 3.24. The van der Waals surface area contributed by atoms with Crippen LogP contribution < -0.4 is 5.73 Å². The number of thiazole rings is 1. The quantitative estimate of drug-likeness (QED) is 0.649. The summed E-state index contributed by atoms with van der Waals surface area (Å²) >= 11 is 1.23. The molecule has 2 amide bonds. The van der Waals surface area contributed by atoms with Crippen molar-refractivity contribution in [2.24, 2.45) is 11.7 Å². The number of carbonyl (C=O) groups excluding carboxylic acids is 2. The average Bonchev–Trinajstić information content (AvgIpc) is 3.16. The molecule has 130 valence electrons. The van der Waals surface area contributed by atoms with E-state index in [4.69, 9.17) is 5.73 Å². The minimum Gasteiger partial charge on any atom is -0.477 e. The fraction of sp³-hybridized carbons (Fsp3) is 0.333. The molecule has 0 bridgehead atoms. The van der Waals surface area contributed by atoms with Crippen LogP contribution in [0.5, 0.6) is 0 Å². The zero-order chi connectivity index (χ0) is 18.0. The molecule has 2 aliphatic rings. The van der Waals surface area contributed by atoms with Gasteiger partial charge in [0.05, 0.1) is 23.8 Å².